The number of nitrogens with zero attached hydrogens (tertiary/aromatic N) is 2. The molecule has 0 heterocycles. The Labute approximate surface area is 109 Å². The van der Waals surface area contributed by atoms with Crippen molar-refractivity contribution >= 4 is 27.6 Å². The Morgan fingerprint density at radius 3 is 2.21 bits per heavy atom. The summed E-state index contributed by atoms with van der Waals surface area (Å²) in [6.45, 7) is 0. The fourth-order valence-corrected chi connectivity index (χ4v) is 1.53. The van der Waals surface area contributed by atoms with Gasteiger partial charge in [0.2, 0.25) is 10.0 Å². The van der Waals surface area contributed by atoms with Crippen LogP contribution in [0.2, 0.25) is 5.02 Å². The van der Waals surface area contributed by atoms with Crippen molar-refractivity contribution < 1.29 is 38.0 Å². The van der Waals surface area contributed by atoms with Crippen molar-refractivity contribution in [2.45, 2.75) is 4.90 Å². The van der Waals surface area contributed by atoms with Crippen LogP contribution in [0.1, 0.15) is 0 Å². The summed E-state index contributed by atoms with van der Waals surface area (Å²) in [5.41, 5.74) is 0. The third kappa shape index (κ3) is 3.53. The summed E-state index contributed by atoms with van der Waals surface area (Å²) in [5.74, 6) is 0. The summed E-state index contributed by atoms with van der Waals surface area (Å²) in [6.07, 6.45) is 0. The zero-order chi connectivity index (χ0) is 9.90. The Morgan fingerprint density at radius 1 is 1.29 bits per heavy atom. The molecule has 0 saturated heterocycles. The Morgan fingerprint density at radius 2 is 1.79 bits per heavy atom. The third-order valence-electron chi connectivity index (χ3n) is 1.27. The molecule has 0 N–H and O–H groups in total. The number of sulfonamides is 1. The third-order valence-corrected chi connectivity index (χ3v) is 2.71. The van der Waals surface area contributed by atoms with Crippen LogP contribution >= 0.6 is 11.6 Å². The average Bonchev–Trinajstić information content (AvgIpc) is 2.05. The van der Waals surface area contributed by atoms with Crippen LogP contribution < -0.4 is 29.6 Å². The number of hydrogen-bond donors (Lipinski definition) is 0. The molecule has 0 aliphatic carbocycles. The van der Waals surface area contributed by atoms with E-state index in [2.05, 4.69) is 4.40 Å². The van der Waals surface area contributed by atoms with Gasteiger partial charge in [0.1, 0.15) is 0 Å². The minimum Gasteiger partial charge on any atom is -0.422 e. The van der Waals surface area contributed by atoms with Gasteiger partial charge in [0.25, 0.3) is 0 Å². The molecule has 0 aliphatic heterocycles. The number of benzene rings is 1. The topological polar surface area (TPSA) is 68.8 Å². The smallest absolute Gasteiger partial charge is 0.422 e. The predicted molar refractivity (Wildman–Crippen MR) is 49.4 cm³/mol. The van der Waals surface area contributed by atoms with E-state index in [1.54, 1.807) is 0 Å². The minimum atomic E-state index is -3.82. The Balaban J connectivity index is 0.00000169. The fourth-order valence-electron chi connectivity index (χ4n) is 0.713. The van der Waals surface area contributed by atoms with Gasteiger partial charge in [0, 0.05) is 5.02 Å². The quantitative estimate of drug-likeness (QED) is 0.479. The average molecular weight is 239 g/mol. The van der Waals surface area contributed by atoms with Crippen molar-refractivity contribution in [3.63, 3.8) is 0 Å². The van der Waals surface area contributed by atoms with Crippen LogP contribution in [0.15, 0.2) is 33.6 Å². The zero-order valence-corrected chi connectivity index (χ0v) is 10.9. The second kappa shape index (κ2) is 5.66. The molecular weight excluding hydrogens is 235 g/mol. The Bertz CT molecular complexity index is 451. The fraction of sp³-hybridized carbons (Fsp3) is 0. The molecular formula is C7H4ClN2NaO2S. The first-order valence-electron chi connectivity index (χ1n) is 3.18. The molecule has 0 atom stereocenters. The van der Waals surface area contributed by atoms with E-state index in [9.17, 15) is 8.42 Å². The van der Waals surface area contributed by atoms with E-state index < -0.39 is 10.0 Å². The molecule has 1 aromatic rings. The van der Waals surface area contributed by atoms with E-state index in [0.29, 0.717) is 5.02 Å². The molecule has 1 rings (SSSR count). The van der Waals surface area contributed by atoms with Crippen LogP contribution in [0.25, 0.3) is 5.41 Å². The van der Waals surface area contributed by atoms with E-state index in [1.165, 1.54) is 30.3 Å². The van der Waals surface area contributed by atoms with E-state index in [1.807, 2.05) is 0 Å². The van der Waals surface area contributed by atoms with Crippen LogP contribution in [0.5, 0.6) is 0 Å². The number of rotatable bonds is 2. The molecule has 0 fully saturated rings. The first-order valence-corrected chi connectivity index (χ1v) is 5.00. The second-order valence-corrected chi connectivity index (χ2v) is 4.16. The van der Waals surface area contributed by atoms with Crippen LogP contribution in [-0.4, -0.2) is 14.4 Å². The molecule has 0 aliphatic rings. The maximum absolute atomic E-state index is 11.1. The Kier molecular flexibility index (Phi) is 5.59. The maximum atomic E-state index is 11.1. The summed E-state index contributed by atoms with van der Waals surface area (Å²) in [4.78, 5) is -0.0431. The molecule has 0 radical (unpaired) electrons. The SMILES string of the molecule is [N-]=C=NS(=O)(=O)c1ccc(Cl)cc1.[Na+]. The van der Waals surface area contributed by atoms with Gasteiger partial charge < -0.3 is 9.81 Å². The molecule has 0 aromatic heterocycles. The van der Waals surface area contributed by atoms with Crippen molar-refractivity contribution in [1.82, 2.24) is 0 Å². The predicted octanol–water partition coefficient (Wildman–Crippen LogP) is -1.22. The van der Waals surface area contributed by atoms with Gasteiger partial charge >= 0.3 is 29.6 Å². The van der Waals surface area contributed by atoms with E-state index in [0.717, 1.165) is 0 Å². The molecule has 0 unspecified atom stereocenters. The van der Waals surface area contributed by atoms with E-state index in [4.69, 9.17) is 17.0 Å². The largest absolute Gasteiger partial charge is 1.00 e. The van der Waals surface area contributed by atoms with Crippen molar-refractivity contribution in [3.05, 3.63) is 34.7 Å². The van der Waals surface area contributed by atoms with E-state index in [-0.39, 0.29) is 34.5 Å². The molecule has 14 heavy (non-hydrogen) atoms. The first-order chi connectivity index (χ1) is 6.06. The molecule has 1 aromatic carbocycles. The van der Waals surface area contributed by atoms with Crippen molar-refractivity contribution in [2.75, 3.05) is 0 Å². The summed E-state index contributed by atoms with van der Waals surface area (Å²) >= 11 is 5.55. The molecule has 0 bridgehead atoms. The number of halogens is 1. The summed E-state index contributed by atoms with van der Waals surface area (Å²) in [7, 11) is -3.82. The van der Waals surface area contributed by atoms with Gasteiger partial charge in [0.05, 0.1) is 4.90 Å². The monoisotopic (exact) mass is 238 g/mol. The van der Waals surface area contributed by atoms with Gasteiger partial charge in [-0.15, -0.1) is 6.01 Å². The van der Waals surface area contributed by atoms with Crippen molar-refractivity contribution in [3.8, 4) is 0 Å². The standard InChI is InChI=1S/C7H4ClN2O2S.Na/c8-6-1-3-7(4-2-6)13(11,12)10-5-9;/h1-4H;/q-1;+1. The number of hydrogen-bond acceptors (Lipinski definition) is 2. The van der Waals surface area contributed by atoms with Crippen molar-refractivity contribution in [1.29, 1.82) is 0 Å². The van der Waals surface area contributed by atoms with E-state index >= 15 is 0 Å². The Hall–Kier alpha value is -0.160. The molecule has 0 saturated carbocycles. The molecule has 0 amide bonds. The van der Waals surface area contributed by atoms with Crippen LogP contribution in [0.3, 0.4) is 0 Å². The van der Waals surface area contributed by atoms with Gasteiger partial charge in [-0.05, 0) is 24.3 Å². The molecule has 0 spiro atoms. The second-order valence-electron chi connectivity index (χ2n) is 2.12. The van der Waals surface area contributed by atoms with Crippen LogP contribution in [-0.2, 0) is 10.0 Å². The van der Waals surface area contributed by atoms with Gasteiger partial charge in [-0.3, -0.25) is 0 Å². The summed E-state index contributed by atoms with van der Waals surface area (Å²) in [6, 6.07) is 6.64. The van der Waals surface area contributed by atoms with Gasteiger partial charge in [-0.25, -0.2) is 8.42 Å². The summed E-state index contributed by atoms with van der Waals surface area (Å²) in [5, 5.41) is 8.52. The van der Waals surface area contributed by atoms with Gasteiger partial charge in [0.15, 0.2) is 0 Å². The molecule has 7 heteroatoms. The minimum absolute atomic E-state index is 0. The zero-order valence-electron chi connectivity index (χ0n) is 7.31. The first kappa shape index (κ1) is 13.8. The van der Waals surface area contributed by atoms with Crippen LogP contribution in [0, 0.1) is 0 Å². The normalized spacial score (nSPS) is 9.79. The van der Waals surface area contributed by atoms with Crippen LogP contribution in [0.4, 0.5) is 0 Å². The summed E-state index contributed by atoms with van der Waals surface area (Å²) < 4.78 is 25.0. The van der Waals surface area contributed by atoms with Gasteiger partial charge in [-0.2, -0.15) is 0 Å². The maximum Gasteiger partial charge on any atom is 1.00 e. The molecule has 4 nitrogen and oxygen atoms in total. The van der Waals surface area contributed by atoms with Gasteiger partial charge in [-0.1, -0.05) is 11.6 Å². The molecule has 68 valence electrons. The van der Waals surface area contributed by atoms with Crippen molar-refractivity contribution in [2.24, 2.45) is 4.40 Å².